The zero-order valence-corrected chi connectivity index (χ0v) is 13.3. The summed E-state index contributed by atoms with van der Waals surface area (Å²) in [4.78, 5) is 4.17. The Hall–Kier alpha value is -0.660. The predicted octanol–water partition coefficient (Wildman–Crippen LogP) is 2.35. The number of hydrogen-bond donors (Lipinski definition) is 3. The maximum atomic E-state index is 10.2. The third-order valence-electron chi connectivity index (χ3n) is 3.70. The maximum Gasteiger partial charge on any atom is 0.130 e. The van der Waals surface area contributed by atoms with Crippen LogP contribution in [0.15, 0.2) is 18.2 Å². The number of rotatable bonds is 2. The smallest absolute Gasteiger partial charge is 0.130 e. The van der Waals surface area contributed by atoms with E-state index in [0.29, 0.717) is 26.5 Å². The van der Waals surface area contributed by atoms with Crippen LogP contribution in [-0.2, 0) is 4.74 Å². The maximum absolute atomic E-state index is 10.2. The standard InChI is InChI=1S/C14H12Cl3NO4/c15-7-1-5-6(2-11(17)18-9(5)3-8(7)16)14-13(21)12(20)10(4-19)22-14/h1-3,10,12-14,19-21H,4H2/t10-,12-,13-,14-/m1/s1. The van der Waals surface area contributed by atoms with E-state index in [1.54, 1.807) is 12.1 Å². The molecule has 118 valence electrons. The molecule has 8 heteroatoms. The topological polar surface area (TPSA) is 82.8 Å². The summed E-state index contributed by atoms with van der Waals surface area (Å²) in [6.45, 7) is -0.405. The van der Waals surface area contributed by atoms with Crippen molar-refractivity contribution >= 4 is 45.7 Å². The first-order valence-electron chi connectivity index (χ1n) is 6.50. The second-order valence-corrected chi connectivity index (χ2v) is 6.28. The normalized spacial score (nSPS) is 28.5. The first-order chi connectivity index (χ1) is 10.4. The molecule has 0 bridgehead atoms. The first-order valence-corrected chi connectivity index (χ1v) is 7.63. The summed E-state index contributed by atoms with van der Waals surface area (Å²) in [5.74, 6) is 0. The van der Waals surface area contributed by atoms with E-state index in [2.05, 4.69) is 4.98 Å². The Morgan fingerprint density at radius 1 is 1.05 bits per heavy atom. The van der Waals surface area contributed by atoms with Crippen LogP contribution in [0.1, 0.15) is 11.7 Å². The van der Waals surface area contributed by atoms with Gasteiger partial charge in [0.15, 0.2) is 0 Å². The summed E-state index contributed by atoms with van der Waals surface area (Å²) in [6.07, 6.45) is -4.12. The molecule has 1 aromatic heterocycles. The molecule has 1 aliphatic rings. The lowest BCUT2D eigenvalue weighted by Gasteiger charge is -2.18. The van der Waals surface area contributed by atoms with E-state index in [1.165, 1.54) is 6.07 Å². The average molecular weight is 365 g/mol. The van der Waals surface area contributed by atoms with Gasteiger partial charge in [-0.2, -0.15) is 0 Å². The lowest BCUT2D eigenvalue weighted by atomic mass is 9.98. The molecule has 0 amide bonds. The number of halogens is 3. The number of ether oxygens (including phenoxy) is 1. The lowest BCUT2D eigenvalue weighted by molar-refractivity contribution is -0.0223. The van der Waals surface area contributed by atoms with Gasteiger partial charge >= 0.3 is 0 Å². The Bertz CT molecular complexity index is 727. The van der Waals surface area contributed by atoms with Crippen LogP contribution in [-0.4, -0.2) is 45.2 Å². The molecule has 1 aliphatic heterocycles. The van der Waals surface area contributed by atoms with Crippen LogP contribution in [0.2, 0.25) is 15.2 Å². The zero-order valence-electron chi connectivity index (χ0n) is 11.1. The molecular weight excluding hydrogens is 353 g/mol. The number of nitrogens with zero attached hydrogens (tertiary/aromatic N) is 1. The highest BCUT2D eigenvalue weighted by atomic mass is 35.5. The van der Waals surface area contributed by atoms with Crippen LogP contribution < -0.4 is 0 Å². The second kappa shape index (κ2) is 6.09. The van der Waals surface area contributed by atoms with Crippen LogP contribution in [0.5, 0.6) is 0 Å². The minimum Gasteiger partial charge on any atom is -0.394 e. The quantitative estimate of drug-likeness (QED) is 0.713. The van der Waals surface area contributed by atoms with Gasteiger partial charge in [-0.05, 0) is 23.8 Å². The Morgan fingerprint density at radius 2 is 1.73 bits per heavy atom. The zero-order chi connectivity index (χ0) is 16.0. The van der Waals surface area contributed by atoms with E-state index in [-0.39, 0.29) is 5.15 Å². The van der Waals surface area contributed by atoms with Crippen LogP contribution in [0.25, 0.3) is 10.9 Å². The van der Waals surface area contributed by atoms with E-state index >= 15 is 0 Å². The van der Waals surface area contributed by atoms with Gasteiger partial charge in [0, 0.05) is 5.39 Å². The van der Waals surface area contributed by atoms with E-state index in [1.807, 2.05) is 0 Å². The highest BCUT2D eigenvalue weighted by Gasteiger charge is 2.43. The van der Waals surface area contributed by atoms with E-state index in [4.69, 9.17) is 39.5 Å². The van der Waals surface area contributed by atoms with Crippen LogP contribution >= 0.6 is 34.8 Å². The number of fused-ring (bicyclic) bond motifs is 1. The number of hydrogen-bond acceptors (Lipinski definition) is 5. The molecular formula is C14H12Cl3NO4. The second-order valence-electron chi connectivity index (χ2n) is 5.08. The average Bonchev–Trinajstić information content (AvgIpc) is 2.76. The van der Waals surface area contributed by atoms with Crippen molar-refractivity contribution in [1.82, 2.24) is 4.98 Å². The van der Waals surface area contributed by atoms with Crippen molar-refractivity contribution < 1.29 is 20.1 Å². The molecule has 22 heavy (non-hydrogen) atoms. The minimum atomic E-state index is -1.20. The highest BCUT2D eigenvalue weighted by molar-refractivity contribution is 6.42. The Balaban J connectivity index is 2.16. The minimum absolute atomic E-state index is 0.193. The third-order valence-corrected chi connectivity index (χ3v) is 4.62. The Kier molecular flexibility index (Phi) is 4.49. The molecule has 5 nitrogen and oxygen atoms in total. The molecule has 0 spiro atoms. The van der Waals surface area contributed by atoms with Gasteiger partial charge in [0.2, 0.25) is 0 Å². The number of pyridine rings is 1. The molecule has 1 saturated heterocycles. The monoisotopic (exact) mass is 363 g/mol. The van der Waals surface area contributed by atoms with Gasteiger partial charge in [0.25, 0.3) is 0 Å². The van der Waals surface area contributed by atoms with Crippen LogP contribution in [0.3, 0.4) is 0 Å². The van der Waals surface area contributed by atoms with Gasteiger partial charge in [0.1, 0.15) is 29.6 Å². The fourth-order valence-electron chi connectivity index (χ4n) is 2.61. The Labute approximate surface area is 141 Å². The summed E-state index contributed by atoms with van der Waals surface area (Å²) in [7, 11) is 0. The molecule has 0 unspecified atom stereocenters. The Morgan fingerprint density at radius 3 is 2.36 bits per heavy atom. The van der Waals surface area contributed by atoms with Gasteiger partial charge < -0.3 is 20.1 Å². The van der Waals surface area contributed by atoms with E-state index in [9.17, 15) is 15.3 Å². The van der Waals surface area contributed by atoms with Crippen molar-refractivity contribution in [3.8, 4) is 0 Å². The van der Waals surface area contributed by atoms with Gasteiger partial charge in [-0.15, -0.1) is 0 Å². The van der Waals surface area contributed by atoms with Crippen molar-refractivity contribution in [2.24, 2.45) is 0 Å². The number of benzene rings is 1. The molecule has 2 aromatic rings. The van der Waals surface area contributed by atoms with Gasteiger partial charge in [-0.1, -0.05) is 34.8 Å². The van der Waals surface area contributed by atoms with Crippen molar-refractivity contribution in [1.29, 1.82) is 0 Å². The number of aromatic nitrogens is 1. The number of aliphatic hydroxyl groups excluding tert-OH is 3. The summed E-state index contributed by atoms with van der Waals surface area (Å²) in [5.41, 5.74) is 1.02. The predicted molar refractivity (Wildman–Crippen MR) is 83.5 cm³/mol. The van der Waals surface area contributed by atoms with Gasteiger partial charge in [-0.3, -0.25) is 0 Å². The molecule has 1 aromatic carbocycles. The van der Waals surface area contributed by atoms with Crippen molar-refractivity contribution in [2.45, 2.75) is 24.4 Å². The lowest BCUT2D eigenvalue weighted by Crippen LogP contribution is -2.32. The fourth-order valence-corrected chi connectivity index (χ4v) is 3.14. The molecule has 3 rings (SSSR count). The number of aliphatic hydroxyl groups is 3. The highest BCUT2D eigenvalue weighted by Crippen LogP contribution is 2.39. The molecule has 0 saturated carbocycles. The van der Waals surface area contributed by atoms with Crippen molar-refractivity contribution in [2.75, 3.05) is 6.61 Å². The summed E-state index contributed by atoms with van der Waals surface area (Å²) in [6, 6.07) is 4.71. The van der Waals surface area contributed by atoms with E-state index < -0.39 is 31.0 Å². The summed E-state index contributed by atoms with van der Waals surface area (Å²) < 4.78 is 5.54. The SMILES string of the molecule is OC[C@H]1O[C@H](c2cc(Cl)nc3cc(Cl)c(Cl)cc23)[C@H](O)[C@@H]1O. The molecule has 2 heterocycles. The summed E-state index contributed by atoms with van der Waals surface area (Å²) in [5, 5.41) is 30.7. The van der Waals surface area contributed by atoms with E-state index in [0.717, 1.165) is 0 Å². The van der Waals surface area contributed by atoms with Gasteiger partial charge in [0.05, 0.1) is 22.2 Å². The molecule has 4 atom stereocenters. The molecule has 0 aliphatic carbocycles. The van der Waals surface area contributed by atoms with Crippen LogP contribution in [0.4, 0.5) is 0 Å². The van der Waals surface area contributed by atoms with Crippen LogP contribution in [0, 0.1) is 0 Å². The fraction of sp³-hybridized carbons (Fsp3) is 0.357. The largest absolute Gasteiger partial charge is 0.394 e. The first kappa shape index (κ1) is 16.2. The van der Waals surface area contributed by atoms with Crippen molar-refractivity contribution in [3.63, 3.8) is 0 Å². The molecule has 3 N–H and O–H groups in total. The molecule has 1 fully saturated rings. The van der Waals surface area contributed by atoms with Gasteiger partial charge in [-0.25, -0.2) is 4.98 Å². The third kappa shape index (κ3) is 2.67. The van der Waals surface area contributed by atoms with Crippen molar-refractivity contribution in [3.05, 3.63) is 39.0 Å². The molecule has 0 radical (unpaired) electrons. The summed E-state index contributed by atoms with van der Waals surface area (Å²) >= 11 is 18.0.